The van der Waals surface area contributed by atoms with Gasteiger partial charge in [-0.25, -0.2) is 0 Å². The van der Waals surface area contributed by atoms with E-state index in [-0.39, 0.29) is 5.92 Å². The smallest absolute Gasteiger partial charge is 0.0661 e. The minimum atomic E-state index is 0.265. The zero-order chi connectivity index (χ0) is 10.6. The first kappa shape index (κ1) is 11.5. The van der Waals surface area contributed by atoms with Gasteiger partial charge in [0.2, 0.25) is 0 Å². The van der Waals surface area contributed by atoms with Crippen LogP contribution in [0.3, 0.4) is 0 Å². The summed E-state index contributed by atoms with van der Waals surface area (Å²) in [5.74, 6) is 1.40. The molecule has 0 aromatic heterocycles. The average Bonchev–Trinajstić information content (AvgIpc) is 2.32. The van der Waals surface area contributed by atoms with Crippen LogP contribution in [0.15, 0.2) is 0 Å². The first-order valence-corrected chi connectivity index (χ1v) is 5.73. The topological polar surface area (TPSA) is 27.0 Å². The maximum atomic E-state index is 9.14. The van der Waals surface area contributed by atoms with Gasteiger partial charge in [-0.05, 0) is 51.2 Å². The van der Waals surface area contributed by atoms with E-state index in [0.717, 1.165) is 6.54 Å². The molecule has 1 fully saturated rings. The van der Waals surface area contributed by atoms with Crippen LogP contribution in [0.2, 0.25) is 0 Å². The van der Waals surface area contributed by atoms with Crippen LogP contribution in [-0.4, -0.2) is 25.0 Å². The van der Waals surface area contributed by atoms with Gasteiger partial charge in [-0.3, -0.25) is 0 Å². The second-order valence-corrected chi connectivity index (χ2v) is 4.89. The van der Waals surface area contributed by atoms with Crippen LogP contribution in [0.25, 0.3) is 0 Å². The third kappa shape index (κ3) is 2.99. The number of nitrogens with zero attached hydrogens (tertiary/aromatic N) is 2. The summed E-state index contributed by atoms with van der Waals surface area (Å²) in [6.45, 7) is 6.70. The van der Waals surface area contributed by atoms with Crippen molar-refractivity contribution in [2.75, 3.05) is 20.1 Å². The summed E-state index contributed by atoms with van der Waals surface area (Å²) < 4.78 is 0. The first-order valence-electron chi connectivity index (χ1n) is 5.73. The molecule has 2 atom stereocenters. The van der Waals surface area contributed by atoms with Crippen molar-refractivity contribution in [3.8, 4) is 6.07 Å². The van der Waals surface area contributed by atoms with Gasteiger partial charge >= 0.3 is 0 Å². The van der Waals surface area contributed by atoms with Gasteiger partial charge in [0.05, 0.1) is 12.0 Å². The summed E-state index contributed by atoms with van der Waals surface area (Å²) >= 11 is 0. The summed E-state index contributed by atoms with van der Waals surface area (Å²) in [5, 5.41) is 9.14. The molecule has 80 valence electrons. The molecule has 2 unspecified atom stereocenters. The molecule has 1 aliphatic rings. The fourth-order valence-electron chi connectivity index (χ4n) is 2.42. The van der Waals surface area contributed by atoms with E-state index < -0.39 is 0 Å². The fraction of sp³-hybridized carbons (Fsp3) is 0.917. The van der Waals surface area contributed by atoms with Crippen LogP contribution in [-0.2, 0) is 0 Å². The molecule has 0 aliphatic carbocycles. The van der Waals surface area contributed by atoms with Gasteiger partial charge in [-0.15, -0.1) is 0 Å². The van der Waals surface area contributed by atoms with Crippen LogP contribution < -0.4 is 0 Å². The van der Waals surface area contributed by atoms with Crippen molar-refractivity contribution in [3.63, 3.8) is 0 Å². The van der Waals surface area contributed by atoms with Crippen molar-refractivity contribution in [1.29, 1.82) is 5.26 Å². The molecule has 0 N–H and O–H groups in total. The van der Waals surface area contributed by atoms with Gasteiger partial charge in [0.15, 0.2) is 0 Å². The Bertz CT molecular complexity index is 205. The first-order chi connectivity index (χ1) is 6.65. The van der Waals surface area contributed by atoms with Crippen LogP contribution in [0.5, 0.6) is 0 Å². The van der Waals surface area contributed by atoms with Crippen LogP contribution in [0.1, 0.15) is 33.1 Å². The molecule has 1 rings (SSSR count). The molecule has 1 heterocycles. The molecular weight excluding hydrogens is 172 g/mol. The van der Waals surface area contributed by atoms with Gasteiger partial charge in [0.1, 0.15) is 0 Å². The van der Waals surface area contributed by atoms with E-state index in [0.29, 0.717) is 11.8 Å². The summed E-state index contributed by atoms with van der Waals surface area (Å²) in [5.41, 5.74) is 0. The maximum Gasteiger partial charge on any atom is 0.0661 e. The Kier molecular flexibility index (Phi) is 4.41. The monoisotopic (exact) mass is 194 g/mol. The number of hydrogen-bond acceptors (Lipinski definition) is 2. The van der Waals surface area contributed by atoms with E-state index in [9.17, 15) is 0 Å². The van der Waals surface area contributed by atoms with E-state index >= 15 is 0 Å². The van der Waals surface area contributed by atoms with E-state index in [1.807, 2.05) is 0 Å². The Hall–Kier alpha value is -0.550. The zero-order valence-corrected chi connectivity index (χ0v) is 9.66. The van der Waals surface area contributed by atoms with Gasteiger partial charge < -0.3 is 4.90 Å². The molecule has 0 radical (unpaired) electrons. The van der Waals surface area contributed by atoms with E-state index in [2.05, 4.69) is 31.9 Å². The highest BCUT2D eigenvalue weighted by molar-refractivity contribution is 4.91. The summed E-state index contributed by atoms with van der Waals surface area (Å²) in [6, 6.07) is 2.50. The summed E-state index contributed by atoms with van der Waals surface area (Å²) in [6.07, 6.45) is 3.69. The molecule has 1 saturated heterocycles. The standard InChI is InChI=1S/C12H22N2/c1-10(2)12(9-13)11-5-4-7-14(3)8-6-11/h10-12H,4-8H2,1-3H3. The predicted octanol–water partition coefficient (Wildman–Crippen LogP) is 2.51. The fourth-order valence-corrected chi connectivity index (χ4v) is 2.42. The lowest BCUT2D eigenvalue weighted by atomic mass is 9.80. The van der Waals surface area contributed by atoms with Crippen molar-refractivity contribution in [1.82, 2.24) is 4.90 Å². The van der Waals surface area contributed by atoms with Crippen LogP contribution in [0, 0.1) is 29.1 Å². The Morgan fingerprint density at radius 1 is 1.29 bits per heavy atom. The third-order valence-electron chi connectivity index (χ3n) is 3.37. The molecular formula is C12H22N2. The molecule has 0 aromatic rings. The number of likely N-dealkylation sites (tertiary alicyclic amines) is 1. The average molecular weight is 194 g/mol. The predicted molar refractivity (Wildman–Crippen MR) is 58.8 cm³/mol. The third-order valence-corrected chi connectivity index (χ3v) is 3.37. The van der Waals surface area contributed by atoms with Gasteiger partial charge in [0.25, 0.3) is 0 Å². The molecule has 0 saturated carbocycles. The van der Waals surface area contributed by atoms with Crippen molar-refractivity contribution in [3.05, 3.63) is 0 Å². The molecule has 1 aliphatic heterocycles. The van der Waals surface area contributed by atoms with Crippen molar-refractivity contribution >= 4 is 0 Å². The van der Waals surface area contributed by atoms with Crippen molar-refractivity contribution in [2.24, 2.45) is 17.8 Å². The number of nitriles is 1. The molecule has 0 aromatic carbocycles. The minimum absolute atomic E-state index is 0.265. The van der Waals surface area contributed by atoms with Crippen molar-refractivity contribution in [2.45, 2.75) is 33.1 Å². The Morgan fingerprint density at radius 3 is 2.57 bits per heavy atom. The zero-order valence-electron chi connectivity index (χ0n) is 9.66. The second kappa shape index (κ2) is 5.36. The summed E-state index contributed by atoms with van der Waals surface area (Å²) in [4.78, 5) is 2.38. The highest BCUT2D eigenvalue weighted by Gasteiger charge is 2.25. The Morgan fingerprint density at radius 2 is 2.00 bits per heavy atom. The lowest BCUT2D eigenvalue weighted by Crippen LogP contribution is -2.22. The lowest BCUT2D eigenvalue weighted by Gasteiger charge is -2.23. The Labute approximate surface area is 87.9 Å². The quantitative estimate of drug-likeness (QED) is 0.675. The minimum Gasteiger partial charge on any atom is -0.306 e. The lowest BCUT2D eigenvalue weighted by molar-refractivity contribution is 0.282. The number of rotatable bonds is 2. The van der Waals surface area contributed by atoms with E-state index in [1.54, 1.807) is 0 Å². The van der Waals surface area contributed by atoms with Gasteiger partial charge in [0, 0.05) is 0 Å². The Balaban J connectivity index is 2.54. The SMILES string of the molecule is CC(C)C(C#N)C1CCCN(C)CC1. The van der Waals surface area contributed by atoms with Crippen LogP contribution in [0.4, 0.5) is 0 Å². The second-order valence-electron chi connectivity index (χ2n) is 4.89. The van der Waals surface area contributed by atoms with E-state index in [4.69, 9.17) is 5.26 Å². The highest BCUT2D eigenvalue weighted by Crippen LogP contribution is 2.29. The normalized spacial score (nSPS) is 26.9. The maximum absolute atomic E-state index is 9.14. The highest BCUT2D eigenvalue weighted by atomic mass is 15.1. The number of hydrogen-bond donors (Lipinski definition) is 0. The molecule has 2 heteroatoms. The molecule has 0 bridgehead atoms. The van der Waals surface area contributed by atoms with Gasteiger partial charge in [-0.1, -0.05) is 13.8 Å². The largest absolute Gasteiger partial charge is 0.306 e. The van der Waals surface area contributed by atoms with Crippen molar-refractivity contribution < 1.29 is 0 Å². The summed E-state index contributed by atoms with van der Waals surface area (Å²) in [7, 11) is 2.18. The molecule has 0 spiro atoms. The molecule has 2 nitrogen and oxygen atoms in total. The van der Waals surface area contributed by atoms with Crippen LogP contribution >= 0.6 is 0 Å². The molecule has 0 amide bonds. The van der Waals surface area contributed by atoms with Gasteiger partial charge in [-0.2, -0.15) is 5.26 Å². The van der Waals surface area contributed by atoms with E-state index in [1.165, 1.54) is 25.8 Å². The molecule has 14 heavy (non-hydrogen) atoms.